The van der Waals surface area contributed by atoms with Crippen molar-refractivity contribution in [2.45, 2.75) is 25.8 Å². The number of anilines is 3. The highest BCUT2D eigenvalue weighted by molar-refractivity contribution is 5.75. The first kappa shape index (κ1) is 25.5. The number of amides is 1. The van der Waals surface area contributed by atoms with Crippen LogP contribution in [0.2, 0.25) is 0 Å². The highest BCUT2D eigenvalue weighted by Gasteiger charge is 2.13. The van der Waals surface area contributed by atoms with Crippen LogP contribution in [0, 0.1) is 0 Å². The molecule has 3 aromatic rings. The number of carbonyl (C=O) groups excluding carboxylic acids is 1. The van der Waals surface area contributed by atoms with E-state index in [4.69, 9.17) is 10.7 Å². The molecule has 3 N–H and O–H groups in total. The van der Waals surface area contributed by atoms with Crippen molar-refractivity contribution in [2.24, 2.45) is 5.73 Å². The fraction of sp³-hybridized carbons (Fsp3) is 0.407. The van der Waals surface area contributed by atoms with E-state index in [1.807, 2.05) is 55.5 Å². The molecule has 36 heavy (non-hydrogen) atoms. The number of nitrogens with one attached hydrogen (secondary N) is 1. The maximum Gasteiger partial charge on any atom is 0.227 e. The number of hydrogen-bond acceptors (Lipinski definition) is 8. The number of carbonyl (C=O) groups is 1. The van der Waals surface area contributed by atoms with Crippen molar-refractivity contribution in [1.29, 1.82) is 0 Å². The molecule has 1 amide bonds. The number of benzene rings is 1. The van der Waals surface area contributed by atoms with Gasteiger partial charge in [-0.05, 0) is 55.3 Å². The first-order valence-electron chi connectivity index (χ1n) is 12.5. The van der Waals surface area contributed by atoms with Gasteiger partial charge in [-0.2, -0.15) is 0 Å². The fourth-order valence-corrected chi connectivity index (χ4v) is 4.36. The zero-order valence-corrected chi connectivity index (χ0v) is 21.2. The summed E-state index contributed by atoms with van der Waals surface area (Å²) < 4.78 is 0. The van der Waals surface area contributed by atoms with Crippen molar-refractivity contribution in [2.75, 3.05) is 57.0 Å². The predicted octanol–water partition coefficient (Wildman–Crippen LogP) is 3.12. The Bertz CT molecular complexity index is 1140. The summed E-state index contributed by atoms with van der Waals surface area (Å²) >= 11 is 0. The van der Waals surface area contributed by atoms with E-state index < -0.39 is 0 Å². The van der Waals surface area contributed by atoms with Crippen LogP contribution in [-0.2, 0) is 11.3 Å². The Morgan fingerprint density at radius 1 is 1.00 bits per heavy atom. The Balaban J connectivity index is 1.59. The third-order valence-corrected chi connectivity index (χ3v) is 6.40. The molecule has 0 spiro atoms. The average molecular weight is 489 g/mol. The zero-order chi connectivity index (χ0) is 25.3. The third-order valence-electron chi connectivity index (χ3n) is 6.40. The normalized spacial score (nSPS) is 16.2. The van der Waals surface area contributed by atoms with Crippen molar-refractivity contribution in [1.82, 2.24) is 24.8 Å². The molecule has 9 nitrogen and oxygen atoms in total. The molecule has 0 saturated carbocycles. The summed E-state index contributed by atoms with van der Waals surface area (Å²) in [5, 5.41) is 3.33. The number of hydrogen-bond donors (Lipinski definition) is 2. The Hall–Kier alpha value is -3.56. The van der Waals surface area contributed by atoms with Gasteiger partial charge >= 0.3 is 0 Å². The van der Waals surface area contributed by atoms with E-state index in [2.05, 4.69) is 37.2 Å². The van der Waals surface area contributed by atoms with E-state index in [0.29, 0.717) is 18.9 Å². The van der Waals surface area contributed by atoms with Crippen molar-refractivity contribution in [3.8, 4) is 11.3 Å². The SMILES string of the molecule is CN1CCCN(C)c2ccc(cn2)-c2ccnc(n2)Nc2cccc(c2)CN(CCN)CCCC1=O. The second kappa shape index (κ2) is 12.4. The summed E-state index contributed by atoms with van der Waals surface area (Å²) in [6, 6.07) is 14.2. The van der Waals surface area contributed by atoms with Crippen LogP contribution in [0.5, 0.6) is 0 Å². The standard InChI is InChI=1S/C27H36N8O/c1-33-14-5-15-34(2)26(36)8-4-16-35(17-12-28)20-21-6-3-7-23(18-21)31-27-29-13-11-24(32-27)22-9-10-25(33)30-19-22/h3,6-7,9-11,13,18-19H,4-5,8,12,14-17,20,28H2,1-2H3,(H,29,31,32). The lowest BCUT2D eigenvalue weighted by molar-refractivity contribution is -0.130. The Kier molecular flexibility index (Phi) is 8.80. The minimum Gasteiger partial charge on any atom is -0.360 e. The number of rotatable bonds is 2. The molecule has 6 bridgehead atoms. The van der Waals surface area contributed by atoms with Crippen LogP contribution >= 0.6 is 0 Å². The molecule has 5 rings (SSSR count). The van der Waals surface area contributed by atoms with Gasteiger partial charge in [0.1, 0.15) is 5.82 Å². The summed E-state index contributed by atoms with van der Waals surface area (Å²) in [4.78, 5) is 32.7. The fourth-order valence-electron chi connectivity index (χ4n) is 4.36. The van der Waals surface area contributed by atoms with Crippen molar-refractivity contribution in [3.63, 3.8) is 0 Å². The summed E-state index contributed by atoms with van der Waals surface area (Å²) in [7, 11) is 3.91. The van der Waals surface area contributed by atoms with E-state index in [1.54, 1.807) is 6.20 Å². The lowest BCUT2D eigenvalue weighted by Crippen LogP contribution is -2.33. The van der Waals surface area contributed by atoms with Gasteiger partial charge in [0, 0.05) is 76.9 Å². The second-order valence-electron chi connectivity index (χ2n) is 9.25. The van der Waals surface area contributed by atoms with Crippen LogP contribution in [0.3, 0.4) is 0 Å². The van der Waals surface area contributed by atoms with Crippen molar-refractivity contribution in [3.05, 3.63) is 60.4 Å². The Morgan fingerprint density at radius 3 is 2.67 bits per heavy atom. The Morgan fingerprint density at radius 2 is 1.86 bits per heavy atom. The highest BCUT2D eigenvalue weighted by Crippen LogP contribution is 2.22. The van der Waals surface area contributed by atoms with E-state index in [1.165, 1.54) is 5.56 Å². The molecule has 0 unspecified atom stereocenters. The third kappa shape index (κ3) is 6.99. The lowest BCUT2D eigenvalue weighted by Gasteiger charge is -2.24. The average Bonchev–Trinajstić information content (AvgIpc) is 2.88. The summed E-state index contributed by atoms with van der Waals surface area (Å²) in [5.41, 5.74) is 9.70. The molecular weight excluding hydrogens is 452 g/mol. The van der Waals surface area contributed by atoms with Gasteiger partial charge in [-0.15, -0.1) is 0 Å². The first-order chi connectivity index (χ1) is 17.5. The summed E-state index contributed by atoms with van der Waals surface area (Å²) in [6.45, 7) is 4.48. The van der Waals surface area contributed by atoms with Gasteiger partial charge in [-0.1, -0.05) is 12.1 Å². The first-order valence-corrected chi connectivity index (χ1v) is 12.5. The van der Waals surface area contributed by atoms with Gasteiger partial charge in [0.15, 0.2) is 0 Å². The van der Waals surface area contributed by atoms with Gasteiger partial charge in [-0.25, -0.2) is 15.0 Å². The number of fused-ring (bicyclic) bond motifs is 12. The number of aromatic nitrogens is 3. The number of pyridine rings is 1. The molecule has 2 aliphatic heterocycles. The largest absolute Gasteiger partial charge is 0.360 e. The molecule has 2 aliphatic rings. The molecule has 0 radical (unpaired) electrons. The molecule has 2 aromatic heterocycles. The molecule has 0 fully saturated rings. The quantitative estimate of drug-likeness (QED) is 0.567. The van der Waals surface area contributed by atoms with E-state index in [0.717, 1.165) is 68.3 Å². The molecule has 0 atom stereocenters. The topological polar surface area (TPSA) is 104 Å². The predicted molar refractivity (Wildman–Crippen MR) is 144 cm³/mol. The van der Waals surface area contributed by atoms with Gasteiger partial charge in [0.05, 0.1) is 5.69 Å². The van der Waals surface area contributed by atoms with Crippen LogP contribution in [0.1, 0.15) is 24.8 Å². The zero-order valence-electron chi connectivity index (χ0n) is 21.2. The smallest absolute Gasteiger partial charge is 0.227 e. The lowest BCUT2D eigenvalue weighted by atomic mass is 10.1. The van der Waals surface area contributed by atoms with Gasteiger partial charge in [-0.3, -0.25) is 9.69 Å². The van der Waals surface area contributed by atoms with E-state index >= 15 is 0 Å². The van der Waals surface area contributed by atoms with Crippen molar-refractivity contribution >= 4 is 23.4 Å². The van der Waals surface area contributed by atoms with Gasteiger partial charge in [0.25, 0.3) is 0 Å². The molecule has 1 aromatic carbocycles. The van der Waals surface area contributed by atoms with Crippen LogP contribution in [-0.4, -0.2) is 77.5 Å². The van der Waals surface area contributed by atoms with Gasteiger partial charge < -0.3 is 20.9 Å². The van der Waals surface area contributed by atoms with Crippen LogP contribution in [0.4, 0.5) is 17.5 Å². The number of nitrogens with two attached hydrogens (primary N) is 1. The summed E-state index contributed by atoms with van der Waals surface area (Å²) in [6.07, 6.45) is 5.81. The maximum atomic E-state index is 12.7. The van der Waals surface area contributed by atoms with E-state index in [-0.39, 0.29) is 5.91 Å². The second-order valence-corrected chi connectivity index (χ2v) is 9.25. The summed E-state index contributed by atoms with van der Waals surface area (Å²) in [5.74, 6) is 1.61. The van der Waals surface area contributed by atoms with Crippen LogP contribution in [0.25, 0.3) is 11.3 Å². The molecule has 0 aliphatic carbocycles. The minimum absolute atomic E-state index is 0.183. The van der Waals surface area contributed by atoms with E-state index in [9.17, 15) is 4.79 Å². The van der Waals surface area contributed by atoms with Crippen molar-refractivity contribution < 1.29 is 4.79 Å². The molecule has 9 heteroatoms. The molecule has 0 saturated heterocycles. The van der Waals surface area contributed by atoms with Crippen LogP contribution < -0.4 is 16.0 Å². The highest BCUT2D eigenvalue weighted by atomic mass is 16.2. The minimum atomic E-state index is 0.183. The molecule has 4 heterocycles. The number of nitrogens with zero attached hydrogens (tertiary/aromatic N) is 6. The van der Waals surface area contributed by atoms with Gasteiger partial charge in [0.2, 0.25) is 11.9 Å². The van der Waals surface area contributed by atoms with Crippen LogP contribution in [0.15, 0.2) is 54.9 Å². The maximum absolute atomic E-state index is 12.7. The monoisotopic (exact) mass is 488 g/mol. The molecular formula is C27H36N8O. The Labute approximate surface area is 213 Å². The molecule has 190 valence electrons.